The van der Waals surface area contributed by atoms with Crippen LogP contribution in [-0.4, -0.2) is 24.8 Å². The maximum absolute atomic E-state index is 10.8. The van der Waals surface area contributed by atoms with Crippen LogP contribution in [0, 0.1) is 17.0 Å². The number of thiophene rings is 1. The second-order valence-corrected chi connectivity index (χ2v) is 6.26. The van der Waals surface area contributed by atoms with Crippen molar-refractivity contribution >= 4 is 28.8 Å². The van der Waals surface area contributed by atoms with Crippen molar-refractivity contribution in [2.45, 2.75) is 17.1 Å². The highest BCUT2D eigenvalue weighted by molar-refractivity contribution is 7.99. The van der Waals surface area contributed by atoms with Gasteiger partial charge in [-0.2, -0.15) is 0 Å². The molecule has 0 aliphatic heterocycles. The highest BCUT2D eigenvalue weighted by atomic mass is 32.2. The monoisotopic (exact) mass is 334 g/mol. The van der Waals surface area contributed by atoms with Gasteiger partial charge < -0.3 is 5.84 Å². The average molecular weight is 334 g/mol. The third kappa shape index (κ3) is 2.65. The summed E-state index contributed by atoms with van der Waals surface area (Å²) >= 11 is 2.72. The molecule has 0 spiro atoms. The molecular formula is C12H10N6O2S2. The maximum atomic E-state index is 10.8. The molecule has 0 aliphatic rings. The summed E-state index contributed by atoms with van der Waals surface area (Å²) in [7, 11) is 0. The Labute approximate surface area is 133 Å². The van der Waals surface area contributed by atoms with E-state index in [-0.39, 0.29) is 5.69 Å². The molecule has 0 atom stereocenters. The van der Waals surface area contributed by atoms with Gasteiger partial charge in [-0.3, -0.25) is 10.1 Å². The molecule has 3 aromatic rings. The van der Waals surface area contributed by atoms with Gasteiger partial charge in [0.15, 0.2) is 5.82 Å². The number of nitrogen functional groups attached to an aromatic ring is 1. The lowest BCUT2D eigenvalue weighted by Crippen LogP contribution is -2.11. The number of aryl methyl sites for hydroxylation is 1. The van der Waals surface area contributed by atoms with Crippen molar-refractivity contribution in [2.24, 2.45) is 0 Å². The van der Waals surface area contributed by atoms with Crippen LogP contribution in [0.2, 0.25) is 0 Å². The lowest BCUT2D eigenvalue weighted by Gasteiger charge is -2.03. The zero-order valence-electron chi connectivity index (χ0n) is 11.3. The molecule has 112 valence electrons. The number of aromatic nitrogens is 4. The van der Waals surface area contributed by atoms with E-state index < -0.39 is 4.92 Å². The number of pyridine rings is 1. The SMILES string of the molecule is Cc1cc(Sc2nnc(-c3cccs3)n2N)ncc1[N+](=O)[O-]. The number of nitrogens with two attached hydrogens (primary N) is 1. The largest absolute Gasteiger partial charge is 0.335 e. The fraction of sp³-hybridized carbons (Fsp3) is 0.0833. The lowest BCUT2D eigenvalue weighted by molar-refractivity contribution is -0.385. The van der Waals surface area contributed by atoms with E-state index in [1.807, 2.05) is 17.5 Å². The number of rotatable bonds is 4. The molecular weight excluding hydrogens is 324 g/mol. The van der Waals surface area contributed by atoms with E-state index in [9.17, 15) is 10.1 Å². The third-order valence-corrected chi connectivity index (χ3v) is 4.62. The molecule has 0 unspecified atom stereocenters. The van der Waals surface area contributed by atoms with Crippen LogP contribution in [0.5, 0.6) is 0 Å². The van der Waals surface area contributed by atoms with Gasteiger partial charge in [-0.05, 0) is 36.2 Å². The van der Waals surface area contributed by atoms with Gasteiger partial charge in [0.05, 0.1) is 9.80 Å². The molecule has 0 radical (unpaired) electrons. The van der Waals surface area contributed by atoms with Crippen LogP contribution in [0.4, 0.5) is 5.69 Å². The van der Waals surface area contributed by atoms with Crippen molar-refractivity contribution in [1.82, 2.24) is 19.9 Å². The van der Waals surface area contributed by atoms with Crippen LogP contribution in [-0.2, 0) is 0 Å². The summed E-state index contributed by atoms with van der Waals surface area (Å²) in [6.07, 6.45) is 1.23. The van der Waals surface area contributed by atoms with Gasteiger partial charge in [0, 0.05) is 5.56 Å². The van der Waals surface area contributed by atoms with Gasteiger partial charge in [0.2, 0.25) is 5.16 Å². The van der Waals surface area contributed by atoms with E-state index in [0.717, 1.165) is 4.88 Å². The first-order valence-electron chi connectivity index (χ1n) is 6.09. The van der Waals surface area contributed by atoms with E-state index in [1.165, 1.54) is 34.0 Å². The van der Waals surface area contributed by atoms with Crippen LogP contribution < -0.4 is 5.84 Å². The number of hydrogen-bond donors (Lipinski definition) is 1. The van der Waals surface area contributed by atoms with Gasteiger partial charge >= 0.3 is 0 Å². The summed E-state index contributed by atoms with van der Waals surface area (Å²) in [5.74, 6) is 6.57. The molecule has 0 amide bonds. The molecule has 8 nitrogen and oxygen atoms in total. The Balaban J connectivity index is 1.88. The molecule has 0 aliphatic carbocycles. The molecule has 3 rings (SSSR count). The number of hydrogen-bond acceptors (Lipinski definition) is 8. The van der Waals surface area contributed by atoms with Crippen LogP contribution in [0.15, 0.2) is 40.0 Å². The smallest absolute Gasteiger partial charge is 0.290 e. The molecule has 22 heavy (non-hydrogen) atoms. The van der Waals surface area contributed by atoms with Crippen LogP contribution in [0.3, 0.4) is 0 Å². The Kier molecular flexibility index (Phi) is 3.77. The van der Waals surface area contributed by atoms with E-state index in [1.54, 1.807) is 13.0 Å². The minimum absolute atomic E-state index is 0.0159. The molecule has 10 heteroatoms. The predicted octanol–water partition coefficient (Wildman–Crippen LogP) is 2.48. The van der Waals surface area contributed by atoms with Crippen LogP contribution in [0.25, 0.3) is 10.7 Å². The predicted molar refractivity (Wildman–Crippen MR) is 83.2 cm³/mol. The molecule has 3 heterocycles. The molecule has 2 N–H and O–H groups in total. The maximum Gasteiger partial charge on any atom is 0.290 e. The topological polar surface area (TPSA) is 113 Å². The second-order valence-electron chi connectivity index (χ2n) is 4.32. The Morgan fingerprint density at radius 1 is 1.45 bits per heavy atom. The first-order valence-corrected chi connectivity index (χ1v) is 7.79. The van der Waals surface area contributed by atoms with Gasteiger partial charge in [0.1, 0.15) is 11.2 Å². The Morgan fingerprint density at radius 2 is 2.27 bits per heavy atom. The standard InChI is InChI=1S/C12H10N6O2S2/c1-7-5-10(14-6-8(7)18(19)20)22-12-16-15-11(17(12)13)9-3-2-4-21-9/h2-6H,13H2,1H3. The zero-order chi connectivity index (χ0) is 15.7. The minimum atomic E-state index is -0.461. The quantitative estimate of drug-likeness (QED) is 0.443. The molecule has 0 saturated heterocycles. The fourth-order valence-corrected chi connectivity index (χ4v) is 3.28. The van der Waals surface area contributed by atoms with E-state index in [0.29, 0.717) is 21.6 Å². The van der Waals surface area contributed by atoms with Crippen molar-refractivity contribution in [3.8, 4) is 10.7 Å². The summed E-state index contributed by atoms with van der Waals surface area (Å²) in [4.78, 5) is 15.3. The highest BCUT2D eigenvalue weighted by Gasteiger charge is 2.16. The second kappa shape index (κ2) is 5.73. The first-order chi connectivity index (χ1) is 10.6. The third-order valence-electron chi connectivity index (χ3n) is 2.86. The first kappa shape index (κ1) is 14.5. The van der Waals surface area contributed by atoms with E-state index in [2.05, 4.69) is 15.2 Å². The summed E-state index contributed by atoms with van der Waals surface area (Å²) in [6.45, 7) is 1.66. The summed E-state index contributed by atoms with van der Waals surface area (Å²) in [5, 5.41) is 21.9. The summed E-state index contributed by atoms with van der Waals surface area (Å²) < 4.78 is 1.38. The zero-order valence-corrected chi connectivity index (χ0v) is 13.0. The summed E-state index contributed by atoms with van der Waals surface area (Å²) in [5.41, 5.74) is 0.516. The average Bonchev–Trinajstić information content (AvgIpc) is 3.09. The minimum Gasteiger partial charge on any atom is -0.335 e. The molecule has 0 aromatic carbocycles. The Morgan fingerprint density at radius 3 is 2.91 bits per heavy atom. The molecule has 3 aromatic heterocycles. The normalized spacial score (nSPS) is 10.8. The van der Waals surface area contributed by atoms with Crippen LogP contribution >= 0.6 is 23.1 Å². The van der Waals surface area contributed by atoms with Gasteiger partial charge in [-0.25, -0.2) is 9.66 Å². The van der Waals surface area contributed by atoms with Gasteiger partial charge in [0.25, 0.3) is 5.69 Å². The molecule has 0 bridgehead atoms. The van der Waals surface area contributed by atoms with Crippen molar-refractivity contribution in [2.75, 3.05) is 5.84 Å². The lowest BCUT2D eigenvalue weighted by atomic mass is 10.3. The molecule has 0 saturated carbocycles. The van der Waals surface area contributed by atoms with Gasteiger partial charge in [-0.1, -0.05) is 6.07 Å². The van der Waals surface area contributed by atoms with E-state index >= 15 is 0 Å². The number of nitrogens with zero attached hydrogens (tertiary/aromatic N) is 5. The fourth-order valence-electron chi connectivity index (χ4n) is 1.78. The van der Waals surface area contributed by atoms with E-state index in [4.69, 9.17) is 5.84 Å². The Hall–Kier alpha value is -2.46. The Bertz CT molecular complexity index is 830. The van der Waals surface area contributed by atoms with Crippen LogP contribution in [0.1, 0.15) is 5.56 Å². The molecule has 0 fully saturated rings. The van der Waals surface area contributed by atoms with Gasteiger partial charge in [-0.15, -0.1) is 21.5 Å². The highest BCUT2D eigenvalue weighted by Crippen LogP contribution is 2.30. The summed E-state index contributed by atoms with van der Waals surface area (Å²) in [6, 6.07) is 5.44. The van der Waals surface area contributed by atoms with Crippen molar-refractivity contribution in [3.05, 3.63) is 45.5 Å². The van der Waals surface area contributed by atoms with Crippen molar-refractivity contribution in [3.63, 3.8) is 0 Å². The van der Waals surface area contributed by atoms with Crippen molar-refractivity contribution in [1.29, 1.82) is 0 Å². The van der Waals surface area contributed by atoms with Crippen molar-refractivity contribution < 1.29 is 4.92 Å². The number of nitro groups is 1.